The van der Waals surface area contributed by atoms with Crippen LogP contribution in [0.2, 0.25) is 0 Å². The molecule has 0 amide bonds. The van der Waals surface area contributed by atoms with Crippen LogP contribution < -0.4 is 34.0 Å². The van der Waals surface area contributed by atoms with Crippen molar-refractivity contribution in [3.8, 4) is 5.75 Å². The number of thioether (sulfide) groups is 1. The third kappa shape index (κ3) is 2.61. The number of esters is 1. The lowest BCUT2D eigenvalue weighted by molar-refractivity contribution is -0.158. The molecule has 7 heteroatoms. The summed E-state index contributed by atoms with van der Waals surface area (Å²) in [7, 11) is 1.39. The minimum atomic E-state index is -0.841. The average Bonchev–Trinajstić information content (AvgIpc) is 2.44. The highest BCUT2D eigenvalue weighted by atomic mass is 127. The monoisotopic (exact) mass is 419 g/mol. The lowest BCUT2D eigenvalue weighted by Crippen LogP contribution is -3.00. The van der Waals surface area contributed by atoms with Crippen molar-refractivity contribution >= 4 is 22.9 Å². The number of rotatable bonds is 1. The van der Waals surface area contributed by atoms with E-state index in [0.29, 0.717) is 0 Å². The van der Waals surface area contributed by atoms with Gasteiger partial charge in [0.25, 0.3) is 0 Å². The predicted molar refractivity (Wildman–Crippen MR) is 77.8 cm³/mol. The van der Waals surface area contributed by atoms with Crippen LogP contribution in [-0.2, 0) is 9.53 Å². The first-order chi connectivity index (χ1) is 9.59. The van der Waals surface area contributed by atoms with Gasteiger partial charge in [0.05, 0.1) is 7.11 Å². The van der Waals surface area contributed by atoms with Crippen LogP contribution in [-0.4, -0.2) is 30.2 Å². The highest BCUT2D eigenvalue weighted by molar-refractivity contribution is 8.13. The molecule has 1 aromatic carbocycles. The van der Waals surface area contributed by atoms with Crippen LogP contribution in [0.25, 0.3) is 0 Å². The van der Waals surface area contributed by atoms with Crippen molar-refractivity contribution in [1.29, 1.82) is 0 Å². The molecule has 1 N–H and O–H groups in total. The van der Waals surface area contributed by atoms with Crippen molar-refractivity contribution in [1.82, 2.24) is 5.32 Å². The number of methoxy groups -OCH3 is 1. The van der Waals surface area contributed by atoms with Gasteiger partial charge in [0.15, 0.2) is 10.9 Å². The van der Waals surface area contributed by atoms with E-state index in [2.05, 4.69) is 10.3 Å². The number of hydrogen-bond donors (Lipinski definition) is 1. The van der Waals surface area contributed by atoms with Gasteiger partial charge in [-0.1, -0.05) is 30.0 Å². The summed E-state index contributed by atoms with van der Waals surface area (Å²) >= 11 is 1.50. The Kier molecular flexibility index (Phi) is 4.72. The minimum Gasteiger partial charge on any atom is -1.00 e. The number of halogens is 1. The van der Waals surface area contributed by atoms with E-state index in [-0.39, 0.29) is 36.0 Å². The van der Waals surface area contributed by atoms with Crippen LogP contribution >= 0.6 is 11.8 Å². The zero-order valence-electron chi connectivity index (χ0n) is 11.9. The minimum absolute atomic E-state index is 0. The highest BCUT2D eigenvalue weighted by Crippen LogP contribution is 2.47. The van der Waals surface area contributed by atoms with Crippen molar-refractivity contribution in [3.63, 3.8) is 0 Å². The lowest BCUT2D eigenvalue weighted by atomic mass is 9.81. The maximum atomic E-state index is 12.2. The van der Waals surface area contributed by atoms with Crippen molar-refractivity contribution in [2.75, 3.05) is 13.4 Å². The molecule has 1 aromatic rings. The first-order valence-electron chi connectivity index (χ1n) is 6.35. The number of amidine groups is 1. The summed E-state index contributed by atoms with van der Waals surface area (Å²) < 4.78 is 11.0. The van der Waals surface area contributed by atoms with Gasteiger partial charge >= 0.3 is 5.97 Å². The van der Waals surface area contributed by atoms with Crippen molar-refractivity contribution < 1.29 is 38.2 Å². The van der Waals surface area contributed by atoms with E-state index in [0.717, 1.165) is 16.5 Å². The number of ether oxygens (including phenoxy) is 2. The third-order valence-electron chi connectivity index (χ3n) is 3.73. The van der Waals surface area contributed by atoms with E-state index in [9.17, 15) is 4.79 Å². The van der Waals surface area contributed by atoms with Gasteiger partial charge in [-0.2, -0.15) is 0 Å². The molecule has 0 spiro atoms. The molecule has 2 bridgehead atoms. The normalized spacial score (nSPS) is 29.0. The zero-order chi connectivity index (χ0) is 14.3. The molecular weight excluding hydrogens is 403 g/mol. The summed E-state index contributed by atoms with van der Waals surface area (Å²) in [5.74, 6) is -0.0572. The maximum absolute atomic E-state index is 12.2. The largest absolute Gasteiger partial charge is 1.00 e. The number of carbonyl (C=O) groups is 1. The topological polar surface area (TPSA) is 59.9 Å². The van der Waals surface area contributed by atoms with Crippen molar-refractivity contribution in [2.24, 2.45) is 10.9 Å². The molecule has 114 valence electrons. The van der Waals surface area contributed by atoms with Gasteiger partial charge in [0.1, 0.15) is 17.7 Å². The van der Waals surface area contributed by atoms with E-state index >= 15 is 0 Å². The first-order valence-corrected chi connectivity index (χ1v) is 7.57. The molecule has 0 aliphatic carbocycles. The fourth-order valence-electron chi connectivity index (χ4n) is 2.79. The number of carbonyl (C=O) groups excluding carboxylic acids is 1. The van der Waals surface area contributed by atoms with Gasteiger partial charge in [-0.15, -0.1) is 0 Å². The van der Waals surface area contributed by atoms with Crippen LogP contribution in [0.4, 0.5) is 0 Å². The number of nitrogens with zero attached hydrogens (tertiary/aromatic N) is 1. The van der Waals surface area contributed by atoms with Crippen LogP contribution in [0.3, 0.4) is 0 Å². The standard InChI is InChI=1S/C14H16N2O3S.HI/c1-14-10(12(17)18-2)11(15-13(16-14)20-3)8-6-4-5-7-9(8)19-14;/h4-7,10-11H,1-3H3,(H,15,16);1H/p-1. The summed E-state index contributed by atoms with van der Waals surface area (Å²) in [5.41, 5.74) is 0.0834. The second-order valence-corrected chi connectivity index (χ2v) is 5.75. The van der Waals surface area contributed by atoms with Crippen molar-refractivity contribution in [3.05, 3.63) is 29.8 Å². The van der Waals surface area contributed by atoms with Gasteiger partial charge in [-0.25, -0.2) is 0 Å². The second kappa shape index (κ2) is 6.04. The van der Waals surface area contributed by atoms with E-state index < -0.39 is 11.6 Å². The van der Waals surface area contributed by atoms with E-state index in [1.807, 2.05) is 37.4 Å². The molecule has 0 saturated heterocycles. The summed E-state index contributed by atoms with van der Waals surface area (Å²) in [4.78, 5) is 16.8. The third-order valence-corrected chi connectivity index (χ3v) is 4.32. The van der Waals surface area contributed by atoms with Crippen LogP contribution in [0, 0.1) is 5.92 Å². The van der Waals surface area contributed by atoms with Crippen LogP contribution in [0.5, 0.6) is 5.75 Å². The number of para-hydroxylation sites is 1. The molecule has 2 aliphatic rings. The summed E-state index contributed by atoms with van der Waals surface area (Å²) in [5, 5.41) is 3.98. The Morgan fingerprint density at radius 1 is 1.48 bits per heavy atom. The molecule has 0 aromatic heterocycles. The number of hydrogen-bond acceptors (Lipinski definition) is 6. The summed E-state index contributed by atoms with van der Waals surface area (Å²) in [6.45, 7) is 1.86. The predicted octanol–water partition coefficient (Wildman–Crippen LogP) is -1.05. The van der Waals surface area contributed by atoms with E-state index in [1.165, 1.54) is 18.9 Å². The summed E-state index contributed by atoms with van der Waals surface area (Å²) in [6, 6.07) is 7.41. The fourth-order valence-corrected chi connectivity index (χ4v) is 3.32. The molecule has 2 aliphatic heterocycles. The Labute approximate surface area is 144 Å². The van der Waals surface area contributed by atoms with Gasteiger partial charge in [-0.3, -0.25) is 9.79 Å². The van der Waals surface area contributed by atoms with Gasteiger partial charge < -0.3 is 38.8 Å². The smallest absolute Gasteiger partial charge is 0.317 e. The van der Waals surface area contributed by atoms with Gasteiger partial charge in [0, 0.05) is 5.56 Å². The van der Waals surface area contributed by atoms with Crippen LogP contribution in [0.1, 0.15) is 18.5 Å². The lowest BCUT2D eigenvalue weighted by Gasteiger charge is -2.47. The van der Waals surface area contributed by atoms with Gasteiger partial charge in [-0.05, 0) is 19.2 Å². The zero-order valence-corrected chi connectivity index (χ0v) is 14.9. The molecule has 0 saturated carbocycles. The Balaban J connectivity index is 0.00000161. The molecule has 3 atom stereocenters. The number of fused-ring (bicyclic) bond motifs is 4. The molecule has 5 nitrogen and oxygen atoms in total. The fraction of sp³-hybridized carbons (Fsp3) is 0.429. The van der Waals surface area contributed by atoms with E-state index in [4.69, 9.17) is 9.47 Å². The first kappa shape index (κ1) is 16.4. The van der Waals surface area contributed by atoms with Gasteiger partial charge in [0.2, 0.25) is 0 Å². The molecule has 2 heterocycles. The number of benzene rings is 1. The maximum Gasteiger partial charge on any atom is 0.317 e. The Morgan fingerprint density at radius 2 is 2.19 bits per heavy atom. The average molecular weight is 419 g/mol. The molecule has 3 rings (SSSR count). The number of aliphatic imine (C=N–C) groups is 1. The quantitative estimate of drug-likeness (QED) is 0.465. The molecular formula is C14H16IN2O3S-. The Bertz CT molecular complexity index is 595. The SMILES string of the molecule is COC(=O)C1C2N=C(SC)NC1(C)Oc1ccccc12.[I-]. The molecule has 21 heavy (non-hydrogen) atoms. The second-order valence-electron chi connectivity index (χ2n) is 4.96. The molecule has 0 radical (unpaired) electrons. The van der Waals surface area contributed by atoms with E-state index in [1.54, 1.807) is 0 Å². The summed E-state index contributed by atoms with van der Waals surface area (Å²) in [6.07, 6.45) is 1.94. The number of nitrogens with one attached hydrogen (secondary N) is 1. The van der Waals surface area contributed by atoms with Crippen molar-refractivity contribution in [2.45, 2.75) is 18.7 Å². The molecule has 3 unspecified atom stereocenters. The Hall–Kier alpha value is -0.960. The highest BCUT2D eigenvalue weighted by Gasteiger charge is 2.54. The molecule has 0 fully saturated rings. The van der Waals surface area contributed by atoms with Crippen LogP contribution in [0.15, 0.2) is 29.3 Å². The Morgan fingerprint density at radius 3 is 2.86 bits per heavy atom.